The van der Waals surface area contributed by atoms with Gasteiger partial charge in [0.2, 0.25) is 0 Å². The van der Waals surface area contributed by atoms with Crippen LogP contribution in [0.15, 0.2) is 12.1 Å². The van der Waals surface area contributed by atoms with Gasteiger partial charge in [-0.25, -0.2) is 4.98 Å². The van der Waals surface area contributed by atoms with Crippen LogP contribution in [0.5, 0.6) is 0 Å². The van der Waals surface area contributed by atoms with Crippen molar-refractivity contribution in [2.24, 2.45) is 0 Å². The number of alkyl halides is 3. The first-order chi connectivity index (χ1) is 8.86. The fourth-order valence-electron chi connectivity index (χ4n) is 1.55. The lowest BCUT2D eigenvalue weighted by atomic mass is 10.2. The van der Waals surface area contributed by atoms with Crippen LogP contribution in [0.3, 0.4) is 0 Å². The zero-order valence-electron chi connectivity index (χ0n) is 10.4. The monoisotopic (exact) mass is 279 g/mol. The number of nitrogens with two attached hydrogens (primary N) is 1. The topological polar surface area (TPSA) is 80.4 Å². The number of nitrogens with one attached hydrogen (secondary N) is 1. The first kappa shape index (κ1) is 15.5. The molecule has 1 atom stereocenters. The molecule has 1 aromatic rings. The molecule has 0 aliphatic rings. The third-order valence-electron chi connectivity index (χ3n) is 2.37. The lowest BCUT2D eigenvalue weighted by molar-refractivity contribution is -0.137. The van der Waals surface area contributed by atoms with Crippen molar-refractivity contribution in [3.8, 4) is 0 Å². The second-order valence-corrected chi connectivity index (χ2v) is 3.97. The Balaban J connectivity index is 2.90. The molecule has 108 valence electrons. The maximum atomic E-state index is 12.6. The Hall–Kier alpha value is -1.54. The number of hydrogen-bond donors (Lipinski definition) is 3. The Morgan fingerprint density at radius 3 is 2.68 bits per heavy atom. The van der Waals surface area contributed by atoms with Gasteiger partial charge >= 0.3 is 6.18 Å². The number of aliphatic hydroxyl groups excluding tert-OH is 1. The summed E-state index contributed by atoms with van der Waals surface area (Å²) in [5.74, 6) is -0.222. The molecule has 0 radical (unpaired) electrons. The van der Waals surface area contributed by atoms with Crippen LogP contribution in [0, 0.1) is 0 Å². The second kappa shape index (κ2) is 6.58. The molecule has 0 aliphatic heterocycles. The maximum Gasteiger partial charge on any atom is 0.416 e. The van der Waals surface area contributed by atoms with E-state index in [1.54, 1.807) is 0 Å². The molecule has 0 saturated carbocycles. The van der Waals surface area contributed by atoms with E-state index in [1.807, 2.05) is 0 Å². The number of nitrogens with zero attached hydrogens (tertiary/aromatic N) is 1. The van der Waals surface area contributed by atoms with Gasteiger partial charge in [0.05, 0.1) is 18.2 Å². The van der Waals surface area contributed by atoms with Gasteiger partial charge in [0.25, 0.3) is 0 Å². The number of aliphatic hydroxyl groups is 1. The van der Waals surface area contributed by atoms with Gasteiger partial charge in [-0.15, -0.1) is 0 Å². The van der Waals surface area contributed by atoms with E-state index < -0.39 is 11.7 Å². The summed E-state index contributed by atoms with van der Waals surface area (Å²) >= 11 is 0. The van der Waals surface area contributed by atoms with Gasteiger partial charge in [-0.2, -0.15) is 13.2 Å². The third-order valence-corrected chi connectivity index (χ3v) is 2.37. The largest absolute Gasteiger partial charge is 0.416 e. The first-order valence-corrected chi connectivity index (χ1v) is 5.58. The normalized spacial score (nSPS) is 13.3. The molecule has 1 aromatic heterocycles. The lowest BCUT2D eigenvalue weighted by Crippen LogP contribution is -2.27. The number of aromatic nitrogens is 1. The number of anilines is 2. The van der Waals surface area contributed by atoms with E-state index in [4.69, 9.17) is 15.6 Å². The smallest absolute Gasteiger partial charge is 0.396 e. The molecule has 4 N–H and O–H groups in total. The standard InChI is InChI=1S/C11H16F3N3O2/c1-19-6-8(2-3-18)16-10-5-7(11(12,13)14)4-9(15)17-10/h4-5,8,18H,2-3,6H2,1H3,(H3,15,16,17). The fourth-order valence-corrected chi connectivity index (χ4v) is 1.55. The third kappa shape index (κ3) is 4.92. The fraction of sp³-hybridized carbons (Fsp3) is 0.545. The molecule has 8 heteroatoms. The average Bonchev–Trinajstić information content (AvgIpc) is 2.27. The number of rotatable bonds is 6. The van der Waals surface area contributed by atoms with Crippen molar-refractivity contribution < 1.29 is 23.0 Å². The van der Waals surface area contributed by atoms with Crippen molar-refractivity contribution in [3.05, 3.63) is 17.7 Å². The minimum atomic E-state index is -4.48. The van der Waals surface area contributed by atoms with E-state index in [9.17, 15) is 13.2 Å². The molecule has 1 heterocycles. The summed E-state index contributed by atoms with van der Waals surface area (Å²) in [7, 11) is 1.46. The molecule has 0 aliphatic carbocycles. The minimum Gasteiger partial charge on any atom is -0.396 e. The molecule has 0 bridgehead atoms. The highest BCUT2D eigenvalue weighted by molar-refractivity contribution is 5.48. The van der Waals surface area contributed by atoms with Gasteiger partial charge in [0.1, 0.15) is 11.6 Å². The molecular formula is C11H16F3N3O2. The summed E-state index contributed by atoms with van der Waals surface area (Å²) in [5, 5.41) is 11.6. The van der Waals surface area contributed by atoms with E-state index >= 15 is 0 Å². The highest BCUT2D eigenvalue weighted by Gasteiger charge is 2.31. The molecule has 19 heavy (non-hydrogen) atoms. The Morgan fingerprint density at radius 1 is 1.47 bits per heavy atom. The maximum absolute atomic E-state index is 12.6. The Bertz CT molecular complexity index is 407. The van der Waals surface area contributed by atoms with Crippen molar-refractivity contribution in [3.63, 3.8) is 0 Å². The molecule has 0 amide bonds. The number of halogens is 3. The Labute approximate surface area is 108 Å². The van der Waals surface area contributed by atoms with Gasteiger partial charge < -0.3 is 20.9 Å². The highest BCUT2D eigenvalue weighted by Crippen LogP contribution is 2.31. The molecule has 0 aromatic carbocycles. The van der Waals surface area contributed by atoms with Crippen LogP contribution < -0.4 is 11.1 Å². The van der Waals surface area contributed by atoms with E-state index in [0.29, 0.717) is 6.42 Å². The van der Waals surface area contributed by atoms with Gasteiger partial charge in [-0.05, 0) is 18.6 Å². The summed E-state index contributed by atoms with van der Waals surface area (Å²) in [5.41, 5.74) is 4.48. The van der Waals surface area contributed by atoms with Crippen LogP contribution in [0.1, 0.15) is 12.0 Å². The summed E-state index contributed by atoms with van der Waals surface area (Å²) in [4.78, 5) is 3.78. The summed E-state index contributed by atoms with van der Waals surface area (Å²) in [6, 6.07) is 1.30. The molecular weight excluding hydrogens is 263 g/mol. The predicted octanol–water partition coefficient (Wildman–Crippen LogP) is 1.49. The second-order valence-electron chi connectivity index (χ2n) is 3.97. The molecule has 1 unspecified atom stereocenters. The van der Waals surface area contributed by atoms with Crippen LogP contribution in [0.2, 0.25) is 0 Å². The number of hydrogen-bond acceptors (Lipinski definition) is 5. The Morgan fingerprint density at radius 2 is 2.16 bits per heavy atom. The quantitative estimate of drug-likeness (QED) is 0.735. The average molecular weight is 279 g/mol. The summed E-state index contributed by atoms with van der Waals surface area (Å²) in [6.45, 7) is 0.119. The van der Waals surface area contributed by atoms with Crippen LogP contribution in [-0.2, 0) is 10.9 Å². The number of ether oxygens (including phenoxy) is 1. The molecule has 0 spiro atoms. The Kier molecular flexibility index (Phi) is 5.37. The van der Waals surface area contributed by atoms with Crippen molar-refractivity contribution in [2.75, 3.05) is 31.4 Å². The lowest BCUT2D eigenvalue weighted by Gasteiger charge is -2.18. The number of pyridine rings is 1. The zero-order chi connectivity index (χ0) is 14.5. The zero-order valence-corrected chi connectivity index (χ0v) is 10.4. The van der Waals surface area contributed by atoms with E-state index in [0.717, 1.165) is 12.1 Å². The van der Waals surface area contributed by atoms with E-state index in [1.165, 1.54) is 7.11 Å². The van der Waals surface area contributed by atoms with Crippen molar-refractivity contribution >= 4 is 11.6 Å². The number of nitrogen functional groups attached to an aromatic ring is 1. The van der Waals surface area contributed by atoms with Crippen LogP contribution in [-0.4, -0.2) is 36.5 Å². The summed E-state index contributed by atoms with van der Waals surface area (Å²) in [6.07, 6.45) is -4.16. The SMILES string of the molecule is COCC(CCO)Nc1cc(C(F)(F)F)cc(N)n1. The summed E-state index contributed by atoms with van der Waals surface area (Å²) < 4.78 is 42.7. The highest BCUT2D eigenvalue weighted by atomic mass is 19.4. The van der Waals surface area contributed by atoms with Crippen molar-refractivity contribution in [2.45, 2.75) is 18.6 Å². The van der Waals surface area contributed by atoms with Crippen LogP contribution >= 0.6 is 0 Å². The van der Waals surface area contributed by atoms with Gasteiger partial charge in [0, 0.05) is 13.7 Å². The first-order valence-electron chi connectivity index (χ1n) is 5.58. The number of methoxy groups -OCH3 is 1. The van der Waals surface area contributed by atoms with E-state index in [-0.39, 0.29) is 30.9 Å². The molecule has 5 nitrogen and oxygen atoms in total. The molecule has 0 fully saturated rings. The van der Waals surface area contributed by atoms with Crippen molar-refractivity contribution in [1.29, 1.82) is 0 Å². The van der Waals surface area contributed by atoms with E-state index in [2.05, 4.69) is 10.3 Å². The molecule has 0 saturated heterocycles. The van der Waals surface area contributed by atoms with Crippen LogP contribution in [0.4, 0.5) is 24.8 Å². The predicted molar refractivity (Wildman–Crippen MR) is 64.6 cm³/mol. The van der Waals surface area contributed by atoms with Crippen molar-refractivity contribution in [1.82, 2.24) is 4.98 Å². The van der Waals surface area contributed by atoms with Gasteiger partial charge in [-0.3, -0.25) is 0 Å². The van der Waals surface area contributed by atoms with Gasteiger partial charge in [0.15, 0.2) is 0 Å². The van der Waals surface area contributed by atoms with Gasteiger partial charge in [-0.1, -0.05) is 0 Å². The minimum absolute atomic E-state index is 0.00262. The van der Waals surface area contributed by atoms with Crippen LogP contribution in [0.25, 0.3) is 0 Å². The molecule has 1 rings (SSSR count).